The molecule has 2 rings (SSSR count). The number of nitrogens with two attached hydrogens (primary N) is 1. The summed E-state index contributed by atoms with van der Waals surface area (Å²) in [4.78, 5) is 13.4. The number of methoxy groups -OCH3 is 2. The second-order valence-electron chi connectivity index (χ2n) is 3.99. The van der Waals surface area contributed by atoms with Crippen LogP contribution in [0.5, 0.6) is 5.75 Å². The van der Waals surface area contributed by atoms with E-state index in [1.807, 2.05) is 24.3 Å². The van der Waals surface area contributed by atoms with Gasteiger partial charge in [-0.2, -0.15) is 0 Å². The minimum Gasteiger partial charge on any atom is -0.497 e. The molecule has 104 valence electrons. The topological polar surface area (TPSA) is 61.5 Å². The van der Waals surface area contributed by atoms with Crippen molar-refractivity contribution in [2.24, 2.45) is 0 Å². The van der Waals surface area contributed by atoms with Crippen LogP contribution >= 0.6 is 11.8 Å². The van der Waals surface area contributed by atoms with Gasteiger partial charge in [0.25, 0.3) is 0 Å². The SMILES string of the molecule is COC(=O)c1cccc(N)c1Sc1ccc(OC)cc1. The molecule has 0 unspecified atom stereocenters. The van der Waals surface area contributed by atoms with Gasteiger partial charge in [-0.1, -0.05) is 17.8 Å². The Labute approximate surface area is 121 Å². The summed E-state index contributed by atoms with van der Waals surface area (Å²) in [5.41, 5.74) is 6.98. The first-order chi connectivity index (χ1) is 9.65. The van der Waals surface area contributed by atoms with Gasteiger partial charge in [0, 0.05) is 15.5 Å². The predicted molar refractivity (Wildman–Crippen MR) is 79.3 cm³/mol. The van der Waals surface area contributed by atoms with Crippen LogP contribution in [0.25, 0.3) is 0 Å². The van der Waals surface area contributed by atoms with Crippen LogP contribution < -0.4 is 10.5 Å². The number of hydrogen-bond acceptors (Lipinski definition) is 5. The van der Waals surface area contributed by atoms with Gasteiger partial charge in [-0.15, -0.1) is 0 Å². The van der Waals surface area contributed by atoms with Crippen LogP contribution in [0.2, 0.25) is 0 Å². The third-order valence-electron chi connectivity index (χ3n) is 2.73. The van der Waals surface area contributed by atoms with E-state index < -0.39 is 5.97 Å². The fraction of sp³-hybridized carbons (Fsp3) is 0.133. The fourth-order valence-corrected chi connectivity index (χ4v) is 2.66. The summed E-state index contributed by atoms with van der Waals surface area (Å²) in [7, 11) is 2.97. The number of nitrogen functional groups attached to an aromatic ring is 1. The summed E-state index contributed by atoms with van der Waals surface area (Å²) in [6.07, 6.45) is 0. The van der Waals surface area contributed by atoms with Gasteiger partial charge in [-0.3, -0.25) is 0 Å². The molecule has 20 heavy (non-hydrogen) atoms. The van der Waals surface area contributed by atoms with Crippen LogP contribution in [-0.2, 0) is 4.74 Å². The van der Waals surface area contributed by atoms with E-state index in [0.717, 1.165) is 10.6 Å². The maximum atomic E-state index is 11.8. The highest BCUT2D eigenvalue weighted by Crippen LogP contribution is 2.35. The highest BCUT2D eigenvalue weighted by Gasteiger charge is 2.15. The van der Waals surface area contributed by atoms with Crippen LogP contribution in [0.15, 0.2) is 52.3 Å². The molecule has 0 bridgehead atoms. The summed E-state index contributed by atoms with van der Waals surface area (Å²) in [5.74, 6) is 0.386. The molecule has 2 aromatic carbocycles. The lowest BCUT2D eigenvalue weighted by molar-refractivity contribution is 0.0597. The Morgan fingerprint density at radius 3 is 2.40 bits per heavy atom. The fourth-order valence-electron chi connectivity index (χ4n) is 1.70. The van der Waals surface area contributed by atoms with Gasteiger partial charge < -0.3 is 15.2 Å². The van der Waals surface area contributed by atoms with Gasteiger partial charge in [0.15, 0.2) is 0 Å². The first-order valence-electron chi connectivity index (χ1n) is 5.94. The maximum Gasteiger partial charge on any atom is 0.339 e. The van der Waals surface area contributed by atoms with Gasteiger partial charge in [-0.05, 0) is 36.4 Å². The van der Waals surface area contributed by atoms with Crippen molar-refractivity contribution in [1.29, 1.82) is 0 Å². The van der Waals surface area contributed by atoms with Crippen LogP contribution in [0, 0.1) is 0 Å². The van der Waals surface area contributed by atoms with E-state index in [1.54, 1.807) is 25.3 Å². The maximum absolute atomic E-state index is 11.8. The molecule has 0 aromatic heterocycles. The lowest BCUT2D eigenvalue weighted by Gasteiger charge is -2.10. The number of anilines is 1. The van der Waals surface area contributed by atoms with Crippen LogP contribution in [0.1, 0.15) is 10.4 Å². The Kier molecular flexibility index (Phi) is 4.53. The van der Waals surface area contributed by atoms with Crippen molar-refractivity contribution in [2.45, 2.75) is 9.79 Å². The third kappa shape index (κ3) is 3.05. The molecule has 0 saturated heterocycles. The molecule has 0 aliphatic heterocycles. The van der Waals surface area contributed by atoms with Crippen molar-refractivity contribution in [1.82, 2.24) is 0 Å². The van der Waals surface area contributed by atoms with Crippen molar-refractivity contribution in [3.63, 3.8) is 0 Å². The van der Waals surface area contributed by atoms with Crippen molar-refractivity contribution >= 4 is 23.4 Å². The highest BCUT2D eigenvalue weighted by atomic mass is 32.2. The number of esters is 1. The first kappa shape index (κ1) is 14.3. The Morgan fingerprint density at radius 1 is 1.10 bits per heavy atom. The van der Waals surface area contributed by atoms with Crippen LogP contribution in [-0.4, -0.2) is 20.2 Å². The molecule has 0 fully saturated rings. The zero-order chi connectivity index (χ0) is 14.5. The highest BCUT2D eigenvalue weighted by molar-refractivity contribution is 7.99. The van der Waals surface area contributed by atoms with Gasteiger partial charge in [0.05, 0.1) is 19.8 Å². The molecule has 4 nitrogen and oxygen atoms in total. The molecule has 2 N–H and O–H groups in total. The minimum atomic E-state index is -0.395. The number of carbonyl (C=O) groups is 1. The lowest BCUT2D eigenvalue weighted by Crippen LogP contribution is -2.04. The molecule has 0 atom stereocenters. The largest absolute Gasteiger partial charge is 0.497 e. The average molecular weight is 289 g/mol. The standard InChI is InChI=1S/C15H15NO3S/c1-18-10-6-8-11(9-7-10)20-14-12(15(17)19-2)4-3-5-13(14)16/h3-9H,16H2,1-2H3. The first-order valence-corrected chi connectivity index (χ1v) is 6.76. The van der Waals surface area contributed by atoms with Crippen molar-refractivity contribution < 1.29 is 14.3 Å². The molecular formula is C15H15NO3S. The van der Waals surface area contributed by atoms with Crippen molar-refractivity contribution in [3.8, 4) is 5.75 Å². The summed E-state index contributed by atoms with van der Waals surface area (Å²) in [6.45, 7) is 0. The molecular weight excluding hydrogens is 274 g/mol. The van der Waals surface area contributed by atoms with Gasteiger partial charge in [0.1, 0.15) is 5.75 Å². The Balaban J connectivity index is 2.34. The molecule has 0 heterocycles. The van der Waals surface area contributed by atoms with E-state index >= 15 is 0 Å². The number of rotatable bonds is 4. The lowest BCUT2D eigenvalue weighted by atomic mass is 10.2. The number of ether oxygens (including phenoxy) is 2. The molecule has 0 aliphatic rings. The second kappa shape index (κ2) is 6.34. The van der Waals surface area contributed by atoms with E-state index in [4.69, 9.17) is 15.2 Å². The molecule has 0 aliphatic carbocycles. The monoisotopic (exact) mass is 289 g/mol. The average Bonchev–Trinajstić information content (AvgIpc) is 2.49. The third-order valence-corrected chi connectivity index (χ3v) is 3.90. The van der Waals surface area contributed by atoms with E-state index in [-0.39, 0.29) is 0 Å². The van der Waals surface area contributed by atoms with Crippen LogP contribution in [0.3, 0.4) is 0 Å². The van der Waals surface area contributed by atoms with E-state index in [1.165, 1.54) is 18.9 Å². The molecule has 2 aromatic rings. The second-order valence-corrected chi connectivity index (χ2v) is 5.08. The Hall–Kier alpha value is -2.14. The Bertz CT molecular complexity index is 611. The molecule has 0 amide bonds. The van der Waals surface area contributed by atoms with Gasteiger partial charge >= 0.3 is 5.97 Å². The van der Waals surface area contributed by atoms with Gasteiger partial charge in [0.2, 0.25) is 0 Å². The molecule has 0 spiro atoms. The van der Waals surface area contributed by atoms with E-state index in [0.29, 0.717) is 16.1 Å². The van der Waals surface area contributed by atoms with Gasteiger partial charge in [-0.25, -0.2) is 4.79 Å². The summed E-state index contributed by atoms with van der Waals surface area (Å²) >= 11 is 1.42. The van der Waals surface area contributed by atoms with E-state index in [9.17, 15) is 4.79 Å². The summed E-state index contributed by atoms with van der Waals surface area (Å²) in [6, 6.07) is 12.7. The summed E-state index contributed by atoms with van der Waals surface area (Å²) in [5, 5.41) is 0. The number of carbonyl (C=O) groups excluding carboxylic acids is 1. The predicted octanol–water partition coefficient (Wildman–Crippen LogP) is 3.22. The Morgan fingerprint density at radius 2 is 1.80 bits per heavy atom. The molecule has 5 heteroatoms. The zero-order valence-corrected chi connectivity index (χ0v) is 12.1. The van der Waals surface area contributed by atoms with Crippen molar-refractivity contribution in [2.75, 3.05) is 20.0 Å². The van der Waals surface area contributed by atoms with Crippen LogP contribution in [0.4, 0.5) is 5.69 Å². The quantitative estimate of drug-likeness (QED) is 0.691. The minimum absolute atomic E-state index is 0.395. The molecule has 0 radical (unpaired) electrons. The summed E-state index contributed by atoms with van der Waals surface area (Å²) < 4.78 is 9.89. The van der Waals surface area contributed by atoms with E-state index in [2.05, 4.69) is 0 Å². The number of benzene rings is 2. The van der Waals surface area contributed by atoms with Crippen molar-refractivity contribution in [3.05, 3.63) is 48.0 Å². The smallest absolute Gasteiger partial charge is 0.339 e. The normalized spacial score (nSPS) is 10.1. The molecule has 0 saturated carbocycles. The zero-order valence-electron chi connectivity index (χ0n) is 11.3. The number of hydrogen-bond donors (Lipinski definition) is 1.